The number of amides is 1. The summed E-state index contributed by atoms with van der Waals surface area (Å²) in [5.41, 5.74) is 3.00. The number of aromatic hydroxyl groups is 1. The summed E-state index contributed by atoms with van der Waals surface area (Å²) < 4.78 is 1.58. The van der Waals surface area contributed by atoms with Crippen LogP contribution in [-0.4, -0.2) is 21.3 Å². The van der Waals surface area contributed by atoms with Gasteiger partial charge in [-0.1, -0.05) is 45.2 Å². The first kappa shape index (κ1) is 19.7. The van der Waals surface area contributed by atoms with Gasteiger partial charge < -0.3 is 9.67 Å². The fourth-order valence-electron chi connectivity index (χ4n) is 2.79. The van der Waals surface area contributed by atoms with E-state index in [-0.39, 0.29) is 11.3 Å². The molecule has 0 aliphatic rings. The van der Waals surface area contributed by atoms with Crippen LogP contribution in [0.5, 0.6) is 5.75 Å². The molecule has 0 atom stereocenters. The van der Waals surface area contributed by atoms with E-state index >= 15 is 0 Å². The topological polar surface area (TPSA) is 83.7 Å². The number of carbonyl (C=O) groups is 1. The molecular formula is C20H27N3O3. The fourth-order valence-corrected chi connectivity index (χ4v) is 2.79. The Labute approximate surface area is 153 Å². The van der Waals surface area contributed by atoms with E-state index in [0.29, 0.717) is 23.9 Å². The van der Waals surface area contributed by atoms with Crippen molar-refractivity contribution in [1.29, 1.82) is 0 Å². The van der Waals surface area contributed by atoms with Gasteiger partial charge in [0.15, 0.2) is 0 Å². The van der Waals surface area contributed by atoms with Crippen molar-refractivity contribution >= 4 is 22.5 Å². The molecule has 1 aromatic carbocycles. The van der Waals surface area contributed by atoms with E-state index in [9.17, 15) is 14.7 Å². The van der Waals surface area contributed by atoms with Crippen molar-refractivity contribution in [2.75, 3.05) is 0 Å². The van der Waals surface area contributed by atoms with E-state index < -0.39 is 11.5 Å². The zero-order chi connectivity index (χ0) is 19.1. The second-order valence-electron chi connectivity index (χ2n) is 6.40. The number of fused-ring (bicyclic) bond motifs is 1. The highest BCUT2D eigenvalue weighted by Crippen LogP contribution is 2.26. The lowest BCUT2D eigenvalue weighted by atomic mass is 10.1. The van der Waals surface area contributed by atoms with Crippen LogP contribution in [-0.2, 0) is 6.54 Å². The Morgan fingerprint density at radius 1 is 1.19 bits per heavy atom. The molecule has 26 heavy (non-hydrogen) atoms. The molecule has 140 valence electrons. The quantitative estimate of drug-likeness (QED) is 0.428. The van der Waals surface area contributed by atoms with Crippen LogP contribution in [0.15, 0.2) is 34.2 Å². The van der Waals surface area contributed by atoms with E-state index in [0.717, 1.165) is 31.4 Å². The molecule has 0 spiro atoms. The van der Waals surface area contributed by atoms with Crippen LogP contribution < -0.4 is 11.0 Å². The molecule has 0 unspecified atom stereocenters. The Bertz CT molecular complexity index is 868. The lowest BCUT2D eigenvalue weighted by molar-refractivity contribution is 0.0950. The number of rotatable bonds is 8. The number of pyridine rings is 1. The number of benzene rings is 1. The van der Waals surface area contributed by atoms with Crippen LogP contribution in [0.3, 0.4) is 0 Å². The molecule has 6 nitrogen and oxygen atoms in total. The number of hydrazone groups is 1. The highest BCUT2D eigenvalue weighted by atomic mass is 16.3. The molecule has 2 aromatic rings. The van der Waals surface area contributed by atoms with Crippen molar-refractivity contribution in [2.45, 2.75) is 59.4 Å². The van der Waals surface area contributed by atoms with Crippen molar-refractivity contribution in [1.82, 2.24) is 9.99 Å². The van der Waals surface area contributed by atoms with Crippen LogP contribution in [0.4, 0.5) is 0 Å². The van der Waals surface area contributed by atoms with Gasteiger partial charge in [-0.25, -0.2) is 5.43 Å². The first-order valence-electron chi connectivity index (χ1n) is 9.19. The maximum atomic E-state index is 12.9. The SMILES string of the molecule is CCCCCCn1c(=O)c(C(=O)N/N=C(\C)CC)c(O)c2ccccc21. The van der Waals surface area contributed by atoms with Gasteiger partial charge in [0, 0.05) is 17.6 Å². The second-order valence-corrected chi connectivity index (χ2v) is 6.40. The monoisotopic (exact) mass is 357 g/mol. The number of aromatic nitrogens is 1. The number of hydrogen-bond acceptors (Lipinski definition) is 4. The standard InChI is InChI=1S/C20H27N3O3/c1-4-6-7-10-13-23-16-12-9-8-11-15(16)18(24)17(20(23)26)19(25)22-21-14(3)5-2/h8-9,11-12,24H,4-7,10,13H2,1-3H3,(H,22,25)/b21-14+. The summed E-state index contributed by atoms with van der Waals surface area (Å²) in [6.07, 6.45) is 4.75. The lowest BCUT2D eigenvalue weighted by Crippen LogP contribution is -2.32. The number of unbranched alkanes of at least 4 members (excludes halogenated alkanes) is 3. The van der Waals surface area contributed by atoms with E-state index in [2.05, 4.69) is 17.5 Å². The minimum absolute atomic E-state index is 0.258. The summed E-state index contributed by atoms with van der Waals surface area (Å²) in [6.45, 7) is 6.34. The third-order valence-electron chi connectivity index (χ3n) is 4.47. The normalized spacial score (nSPS) is 11.7. The Hall–Kier alpha value is -2.63. The summed E-state index contributed by atoms with van der Waals surface area (Å²) >= 11 is 0. The summed E-state index contributed by atoms with van der Waals surface area (Å²) in [7, 11) is 0. The third kappa shape index (κ3) is 4.31. The van der Waals surface area contributed by atoms with Crippen molar-refractivity contribution in [3.05, 3.63) is 40.2 Å². The largest absolute Gasteiger partial charge is 0.506 e. The average Bonchev–Trinajstić information content (AvgIpc) is 2.65. The molecule has 0 saturated carbocycles. The summed E-state index contributed by atoms with van der Waals surface area (Å²) in [6, 6.07) is 7.09. The highest BCUT2D eigenvalue weighted by molar-refractivity contribution is 6.02. The molecule has 1 aromatic heterocycles. The molecule has 0 saturated heterocycles. The van der Waals surface area contributed by atoms with E-state index in [1.165, 1.54) is 0 Å². The van der Waals surface area contributed by atoms with Gasteiger partial charge in [0.25, 0.3) is 11.5 Å². The predicted molar refractivity (Wildman–Crippen MR) is 105 cm³/mol. The van der Waals surface area contributed by atoms with Gasteiger partial charge in [-0.2, -0.15) is 5.10 Å². The smallest absolute Gasteiger partial charge is 0.280 e. The molecule has 1 heterocycles. The molecule has 0 bridgehead atoms. The molecule has 6 heteroatoms. The maximum absolute atomic E-state index is 12.9. The van der Waals surface area contributed by atoms with Gasteiger partial charge in [-0.3, -0.25) is 9.59 Å². The molecule has 2 rings (SSSR count). The number of nitrogens with one attached hydrogen (secondary N) is 1. The zero-order valence-corrected chi connectivity index (χ0v) is 15.7. The van der Waals surface area contributed by atoms with Crippen molar-refractivity contribution < 1.29 is 9.90 Å². The molecule has 1 amide bonds. The Morgan fingerprint density at radius 2 is 1.92 bits per heavy atom. The second kappa shape index (κ2) is 9.17. The van der Waals surface area contributed by atoms with Gasteiger partial charge in [0.2, 0.25) is 0 Å². The summed E-state index contributed by atoms with van der Waals surface area (Å²) in [5.74, 6) is -0.981. The number of aryl methyl sites for hydroxylation is 1. The lowest BCUT2D eigenvalue weighted by Gasteiger charge is -2.14. The molecule has 0 aliphatic heterocycles. The Balaban J connectivity index is 2.49. The molecule has 2 N–H and O–H groups in total. The van der Waals surface area contributed by atoms with Crippen LogP contribution >= 0.6 is 0 Å². The maximum Gasteiger partial charge on any atom is 0.280 e. The summed E-state index contributed by atoms with van der Waals surface area (Å²) in [4.78, 5) is 25.4. The minimum Gasteiger partial charge on any atom is -0.506 e. The fraction of sp³-hybridized carbons (Fsp3) is 0.450. The van der Waals surface area contributed by atoms with Crippen LogP contribution in [0.25, 0.3) is 10.9 Å². The Kier molecular flexibility index (Phi) is 6.95. The number of carbonyl (C=O) groups excluding carboxylic acids is 1. The van der Waals surface area contributed by atoms with E-state index in [1.54, 1.807) is 29.7 Å². The minimum atomic E-state index is -0.687. The van der Waals surface area contributed by atoms with Crippen LogP contribution in [0, 0.1) is 0 Å². The van der Waals surface area contributed by atoms with E-state index in [4.69, 9.17) is 0 Å². The third-order valence-corrected chi connectivity index (χ3v) is 4.47. The first-order chi connectivity index (χ1) is 12.5. The highest BCUT2D eigenvalue weighted by Gasteiger charge is 2.21. The van der Waals surface area contributed by atoms with Gasteiger partial charge in [-0.05, 0) is 31.9 Å². The predicted octanol–water partition coefficient (Wildman–Crippen LogP) is 3.80. The number of nitrogens with zero attached hydrogens (tertiary/aromatic N) is 2. The van der Waals surface area contributed by atoms with Gasteiger partial charge in [0.1, 0.15) is 11.3 Å². The molecule has 0 aliphatic carbocycles. The van der Waals surface area contributed by atoms with Gasteiger partial charge in [0.05, 0.1) is 5.52 Å². The van der Waals surface area contributed by atoms with Gasteiger partial charge in [-0.15, -0.1) is 0 Å². The van der Waals surface area contributed by atoms with Crippen LogP contribution in [0.1, 0.15) is 63.2 Å². The molecule has 0 radical (unpaired) electrons. The van der Waals surface area contributed by atoms with Gasteiger partial charge >= 0.3 is 0 Å². The number of hydrogen-bond donors (Lipinski definition) is 2. The van der Waals surface area contributed by atoms with Crippen molar-refractivity contribution in [3.63, 3.8) is 0 Å². The number of para-hydroxylation sites is 1. The Morgan fingerprint density at radius 3 is 2.62 bits per heavy atom. The first-order valence-corrected chi connectivity index (χ1v) is 9.19. The van der Waals surface area contributed by atoms with Crippen LogP contribution in [0.2, 0.25) is 0 Å². The molecular weight excluding hydrogens is 330 g/mol. The molecule has 0 fully saturated rings. The van der Waals surface area contributed by atoms with Crippen molar-refractivity contribution in [3.8, 4) is 5.75 Å². The van der Waals surface area contributed by atoms with E-state index in [1.807, 2.05) is 13.0 Å². The van der Waals surface area contributed by atoms with Crippen molar-refractivity contribution in [2.24, 2.45) is 5.10 Å². The average molecular weight is 357 g/mol. The summed E-state index contributed by atoms with van der Waals surface area (Å²) in [5, 5.41) is 15.0. The zero-order valence-electron chi connectivity index (χ0n) is 15.7.